The van der Waals surface area contributed by atoms with Gasteiger partial charge in [-0.25, -0.2) is 0 Å². The molecule has 0 saturated carbocycles. The molecular formula is C34H36N4O5. The van der Waals surface area contributed by atoms with Crippen molar-refractivity contribution < 1.29 is 23.5 Å². The van der Waals surface area contributed by atoms with E-state index in [1.54, 1.807) is 32.4 Å². The van der Waals surface area contributed by atoms with Crippen molar-refractivity contribution in [3.63, 3.8) is 0 Å². The summed E-state index contributed by atoms with van der Waals surface area (Å²) in [6.45, 7) is 6.42. The second-order valence-corrected chi connectivity index (χ2v) is 10.9. The van der Waals surface area contributed by atoms with Crippen LogP contribution in [0.2, 0.25) is 0 Å². The van der Waals surface area contributed by atoms with Crippen LogP contribution in [-0.2, 0) is 13.0 Å². The number of amides is 2. The Labute approximate surface area is 251 Å². The quantitative estimate of drug-likeness (QED) is 0.314. The third-order valence-electron chi connectivity index (χ3n) is 8.32. The highest BCUT2D eigenvalue weighted by molar-refractivity contribution is 6.05. The molecule has 2 aliphatic rings. The normalized spacial score (nSPS) is 14.7. The van der Waals surface area contributed by atoms with Gasteiger partial charge in [0, 0.05) is 50.5 Å². The molecule has 3 heterocycles. The van der Waals surface area contributed by atoms with Crippen LogP contribution in [0.15, 0.2) is 77.4 Å². The zero-order valence-corrected chi connectivity index (χ0v) is 24.8. The van der Waals surface area contributed by atoms with E-state index in [9.17, 15) is 9.59 Å². The van der Waals surface area contributed by atoms with E-state index in [2.05, 4.69) is 46.3 Å². The molecular weight excluding hydrogens is 544 g/mol. The van der Waals surface area contributed by atoms with E-state index < -0.39 is 0 Å². The van der Waals surface area contributed by atoms with Crippen LogP contribution in [0, 0.1) is 6.92 Å². The fourth-order valence-electron chi connectivity index (χ4n) is 5.98. The number of carbonyl (C=O) groups excluding carboxylic acids is 2. The lowest BCUT2D eigenvalue weighted by molar-refractivity contribution is 0.0734. The molecule has 0 bridgehead atoms. The molecule has 43 heavy (non-hydrogen) atoms. The van der Waals surface area contributed by atoms with Crippen LogP contribution in [-0.4, -0.2) is 63.7 Å². The Hall–Kier alpha value is -4.92. The van der Waals surface area contributed by atoms with Crippen LogP contribution in [0.4, 0.5) is 17.1 Å². The molecule has 2 amide bonds. The molecule has 0 atom stereocenters. The van der Waals surface area contributed by atoms with Crippen molar-refractivity contribution in [1.82, 2.24) is 4.90 Å². The second kappa shape index (κ2) is 12.1. The molecule has 1 N–H and O–H groups in total. The van der Waals surface area contributed by atoms with E-state index in [1.165, 1.54) is 17.5 Å². The number of fused-ring (bicyclic) bond motifs is 1. The van der Waals surface area contributed by atoms with E-state index in [-0.39, 0.29) is 17.6 Å². The maximum absolute atomic E-state index is 13.8. The summed E-state index contributed by atoms with van der Waals surface area (Å²) in [6.07, 6.45) is 2.19. The van der Waals surface area contributed by atoms with Crippen molar-refractivity contribution in [2.45, 2.75) is 19.9 Å². The molecule has 0 radical (unpaired) electrons. The Bertz CT molecular complexity index is 1630. The van der Waals surface area contributed by atoms with Crippen molar-refractivity contribution in [1.29, 1.82) is 0 Å². The number of rotatable bonds is 7. The molecule has 0 spiro atoms. The summed E-state index contributed by atoms with van der Waals surface area (Å²) in [6, 6.07) is 21.3. The van der Waals surface area contributed by atoms with Crippen LogP contribution < -0.4 is 24.6 Å². The summed E-state index contributed by atoms with van der Waals surface area (Å²) in [5.41, 5.74) is 6.65. The minimum absolute atomic E-state index is 0.0927. The number of nitrogens with one attached hydrogen (secondary N) is 1. The molecule has 0 unspecified atom stereocenters. The monoisotopic (exact) mass is 580 g/mol. The highest BCUT2D eigenvalue weighted by Crippen LogP contribution is 2.35. The number of piperazine rings is 1. The lowest BCUT2D eigenvalue weighted by Crippen LogP contribution is -2.47. The molecule has 4 aromatic rings. The fourth-order valence-corrected chi connectivity index (χ4v) is 5.98. The van der Waals surface area contributed by atoms with E-state index in [1.807, 2.05) is 29.2 Å². The number of anilines is 3. The van der Waals surface area contributed by atoms with Crippen LogP contribution in [0.1, 0.15) is 37.6 Å². The van der Waals surface area contributed by atoms with Gasteiger partial charge < -0.3 is 33.9 Å². The van der Waals surface area contributed by atoms with E-state index in [0.717, 1.165) is 43.0 Å². The first-order valence-electron chi connectivity index (χ1n) is 14.5. The van der Waals surface area contributed by atoms with Gasteiger partial charge in [-0.15, -0.1) is 0 Å². The molecule has 9 heteroatoms. The third kappa shape index (κ3) is 5.75. The van der Waals surface area contributed by atoms with Crippen molar-refractivity contribution in [2.24, 2.45) is 0 Å². The smallest absolute Gasteiger partial charge is 0.291 e. The minimum atomic E-state index is -0.359. The van der Waals surface area contributed by atoms with Crippen molar-refractivity contribution >= 4 is 28.9 Å². The van der Waals surface area contributed by atoms with Gasteiger partial charge in [-0.1, -0.05) is 18.2 Å². The zero-order chi connectivity index (χ0) is 29.9. The SMILES string of the molecule is COc1cc2c(cc1OC)CN(C(=O)c1ccc(N3CCN(c4ccccc4C)CC3)c(NC(=O)c3ccco3)c1)CC2. The van der Waals surface area contributed by atoms with Gasteiger partial charge in [0.05, 0.1) is 31.9 Å². The molecule has 1 saturated heterocycles. The highest BCUT2D eigenvalue weighted by Gasteiger charge is 2.26. The molecule has 6 rings (SSSR count). The summed E-state index contributed by atoms with van der Waals surface area (Å²) in [7, 11) is 3.23. The molecule has 3 aromatic carbocycles. The number of ether oxygens (including phenoxy) is 2. The number of benzene rings is 3. The van der Waals surface area contributed by atoms with E-state index in [4.69, 9.17) is 13.9 Å². The maximum atomic E-state index is 13.8. The fraction of sp³-hybridized carbons (Fsp3) is 0.294. The van der Waals surface area contributed by atoms with Gasteiger partial charge >= 0.3 is 0 Å². The van der Waals surface area contributed by atoms with Gasteiger partial charge in [0.15, 0.2) is 17.3 Å². The number of methoxy groups -OCH3 is 2. The van der Waals surface area contributed by atoms with Gasteiger partial charge in [-0.3, -0.25) is 9.59 Å². The summed E-state index contributed by atoms with van der Waals surface area (Å²) >= 11 is 0. The number of aryl methyl sites for hydroxylation is 1. The van der Waals surface area contributed by atoms with Crippen LogP contribution in [0.3, 0.4) is 0 Å². The molecule has 9 nitrogen and oxygen atoms in total. The summed E-state index contributed by atoms with van der Waals surface area (Å²) in [5, 5.41) is 3.01. The molecule has 2 aliphatic heterocycles. The Kier molecular flexibility index (Phi) is 7.96. The standard InChI is InChI=1S/C34H36N4O5/c1-23-7-4-5-8-28(23)36-14-16-37(17-15-36)29-11-10-25(19-27(29)35-33(39)30-9-6-18-43-30)34(40)38-13-12-24-20-31(41-2)32(42-3)21-26(24)22-38/h4-11,18-21H,12-17,22H2,1-3H3,(H,35,39). The van der Waals surface area contributed by atoms with Crippen molar-refractivity contribution in [3.8, 4) is 11.5 Å². The average molecular weight is 581 g/mol. The molecule has 1 aromatic heterocycles. The second-order valence-electron chi connectivity index (χ2n) is 10.9. The van der Waals surface area contributed by atoms with Crippen molar-refractivity contribution in [2.75, 3.05) is 62.1 Å². The molecule has 222 valence electrons. The first kappa shape index (κ1) is 28.2. The number of nitrogens with zero attached hydrogens (tertiary/aromatic N) is 3. The zero-order valence-electron chi connectivity index (χ0n) is 24.8. The van der Waals surface area contributed by atoms with E-state index >= 15 is 0 Å². The van der Waals surface area contributed by atoms with Gasteiger partial charge in [0.1, 0.15) is 0 Å². The van der Waals surface area contributed by atoms with Crippen LogP contribution in [0.25, 0.3) is 0 Å². The first-order chi connectivity index (χ1) is 20.9. The lowest BCUT2D eigenvalue weighted by Gasteiger charge is -2.38. The average Bonchev–Trinajstić information content (AvgIpc) is 3.59. The van der Waals surface area contributed by atoms with Gasteiger partial charge in [-0.2, -0.15) is 0 Å². The van der Waals surface area contributed by atoms with Crippen LogP contribution in [0.5, 0.6) is 11.5 Å². The van der Waals surface area contributed by atoms with Crippen molar-refractivity contribution in [3.05, 3.63) is 101 Å². The Morgan fingerprint density at radius 1 is 0.791 bits per heavy atom. The highest BCUT2D eigenvalue weighted by atomic mass is 16.5. The number of hydrogen-bond donors (Lipinski definition) is 1. The number of furan rings is 1. The van der Waals surface area contributed by atoms with Gasteiger partial charge in [0.2, 0.25) is 0 Å². The number of para-hydroxylation sites is 1. The first-order valence-corrected chi connectivity index (χ1v) is 14.5. The maximum Gasteiger partial charge on any atom is 0.291 e. The summed E-state index contributed by atoms with van der Waals surface area (Å²) < 4.78 is 16.3. The van der Waals surface area contributed by atoms with E-state index in [0.29, 0.717) is 42.3 Å². The van der Waals surface area contributed by atoms with Gasteiger partial charge in [-0.05, 0) is 78.6 Å². The molecule has 1 fully saturated rings. The summed E-state index contributed by atoms with van der Waals surface area (Å²) in [5.74, 6) is 1.09. The summed E-state index contributed by atoms with van der Waals surface area (Å²) in [4.78, 5) is 33.3. The molecule has 0 aliphatic carbocycles. The van der Waals surface area contributed by atoms with Gasteiger partial charge in [0.25, 0.3) is 11.8 Å². The number of carbonyl (C=O) groups is 2. The minimum Gasteiger partial charge on any atom is -0.493 e. The lowest BCUT2D eigenvalue weighted by atomic mass is 9.98. The Balaban J connectivity index is 1.24. The predicted molar refractivity (Wildman–Crippen MR) is 167 cm³/mol. The Morgan fingerprint density at radius 3 is 2.16 bits per heavy atom. The third-order valence-corrected chi connectivity index (χ3v) is 8.32. The number of hydrogen-bond acceptors (Lipinski definition) is 7. The topological polar surface area (TPSA) is 87.5 Å². The predicted octanol–water partition coefficient (Wildman–Crippen LogP) is 5.38. The Morgan fingerprint density at radius 2 is 1.49 bits per heavy atom. The largest absolute Gasteiger partial charge is 0.493 e. The van der Waals surface area contributed by atoms with Crippen LogP contribution >= 0.6 is 0 Å².